The summed E-state index contributed by atoms with van der Waals surface area (Å²) in [6.07, 6.45) is 0. The molecule has 0 radical (unpaired) electrons. The third kappa shape index (κ3) is 2.88. The molecule has 1 aromatic heterocycles. The molecule has 1 aliphatic rings. The maximum atomic E-state index is 12.6. The number of sulfonamides is 1. The van der Waals surface area contributed by atoms with Gasteiger partial charge in [-0.05, 0) is 14.0 Å². The van der Waals surface area contributed by atoms with Crippen molar-refractivity contribution in [2.24, 2.45) is 0 Å². The molecule has 0 amide bonds. The van der Waals surface area contributed by atoms with Gasteiger partial charge in [-0.15, -0.1) is 0 Å². The van der Waals surface area contributed by atoms with Gasteiger partial charge in [0, 0.05) is 41.9 Å². The number of aromatic amines is 1. The molecule has 2 rings (SSSR count). The standard InChI is InChI=1S/C10H18N4O3S2/c1-8-10(9(7-11-2)13-12-8)19(16,17)14-3-5-18(15)6-4-14/h11H,3-7H2,1-2H3,(H,12,13). The summed E-state index contributed by atoms with van der Waals surface area (Å²) in [6.45, 7) is 2.69. The summed E-state index contributed by atoms with van der Waals surface area (Å²) < 4.78 is 37.9. The fraction of sp³-hybridized carbons (Fsp3) is 0.700. The Kier molecular flexibility index (Phi) is 4.39. The van der Waals surface area contributed by atoms with Crippen LogP contribution in [0.5, 0.6) is 0 Å². The summed E-state index contributed by atoms with van der Waals surface area (Å²) in [5.74, 6) is 0.801. The summed E-state index contributed by atoms with van der Waals surface area (Å²) in [5.41, 5.74) is 1.03. The summed E-state index contributed by atoms with van der Waals surface area (Å²) >= 11 is 0. The minimum Gasteiger partial charge on any atom is -0.314 e. The van der Waals surface area contributed by atoms with Gasteiger partial charge in [-0.1, -0.05) is 0 Å². The number of hydrogen-bond acceptors (Lipinski definition) is 5. The molecule has 0 atom stereocenters. The number of aryl methyl sites for hydroxylation is 1. The van der Waals surface area contributed by atoms with E-state index in [0.29, 0.717) is 42.5 Å². The maximum absolute atomic E-state index is 12.6. The van der Waals surface area contributed by atoms with E-state index in [2.05, 4.69) is 15.5 Å². The molecule has 0 spiro atoms. The van der Waals surface area contributed by atoms with E-state index in [4.69, 9.17) is 0 Å². The molecule has 0 bridgehead atoms. The number of nitrogens with zero attached hydrogens (tertiary/aromatic N) is 2. The molecule has 1 fully saturated rings. The second kappa shape index (κ2) is 5.70. The topological polar surface area (TPSA) is 95.2 Å². The van der Waals surface area contributed by atoms with E-state index in [-0.39, 0.29) is 4.90 Å². The second-order valence-corrected chi connectivity index (χ2v) is 7.98. The van der Waals surface area contributed by atoms with Crippen molar-refractivity contribution in [1.29, 1.82) is 0 Å². The number of rotatable bonds is 4. The van der Waals surface area contributed by atoms with E-state index < -0.39 is 20.8 Å². The number of hydrogen-bond donors (Lipinski definition) is 2. The monoisotopic (exact) mass is 306 g/mol. The molecule has 19 heavy (non-hydrogen) atoms. The molecular formula is C10H18N4O3S2. The van der Waals surface area contributed by atoms with Crippen LogP contribution in [-0.4, -0.2) is 58.8 Å². The average molecular weight is 306 g/mol. The molecule has 1 aromatic rings. The first-order valence-electron chi connectivity index (χ1n) is 6.00. The van der Waals surface area contributed by atoms with E-state index >= 15 is 0 Å². The molecular weight excluding hydrogens is 288 g/mol. The highest BCUT2D eigenvalue weighted by Gasteiger charge is 2.32. The maximum Gasteiger partial charge on any atom is 0.246 e. The molecule has 2 N–H and O–H groups in total. The molecule has 9 heteroatoms. The predicted molar refractivity (Wildman–Crippen MR) is 72.7 cm³/mol. The van der Waals surface area contributed by atoms with Gasteiger partial charge in [-0.2, -0.15) is 9.40 Å². The summed E-state index contributed by atoms with van der Waals surface area (Å²) in [5, 5.41) is 9.65. The fourth-order valence-corrected chi connectivity index (χ4v) is 5.14. The Bertz CT molecular complexity index is 572. The lowest BCUT2D eigenvalue weighted by Gasteiger charge is -2.25. The van der Waals surface area contributed by atoms with Gasteiger partial charge in [0.05, 0.1) is 11.4 Å². The zero-order chi connectivity index (χ0) is 14.0. The Labute approximate surface area is 115 Å². The highest BCUT2D eigenvalue weighted by Crippen LogP contribution is 2.23. The van der Waals surface area contributed by atoms with Crippen LogP contribution in [0.2, 0.25) is 0 Å². The van der Waals surface area contributed by atoms with Crippen molar-refractivity contribution >= 4 is 20.8 Å². The Morgan fingerprint density at radius 1 is 1.42 bits per heavy atom. The van der Waals surface area contributed by atoms with Crippen molar-refractivity contribution in [2.75, 3.05) is 31.6 Å². The van der Waals surface area contributed by atoms with Gasteiger partial charge >= 0.3 is 0 Å². The lowest BCUT2D eigenvalue weighted by atomic mass is 10.4. The lowest BCUT2D eigenvalue weighted by Crippen LogP contribution is -2.42. The highest BCUT2D eigenvalue weighted by molar-refractivity contribution is 7.89. The van der Waals surface area contributed by atoms with Crippen LogP contribution in [0.1, 0.15) is 11.4 Å². The first-order chi connectivity index (χ1) is 8.96. The first kappa shape index (κ1) is 14.6. The van der Waals surface area contributed by atoms with E-state index in [9.17, 15) is 12.6 Å². The Morgan fingerprint density at radius 2 is 2.05 bits per heavy atom. The molecule has 2 heterocycles. The van der Waals surface area contributed by atoms with Gasteiger partial charge in [0.2, 0.25) is 10.0 Å². The minimum absolute atomic E-state index is 0.245. The number of H-pyrrole nitrogens is 1. The quantitative estimate of drug-likeness (QED) is 0.758. The second-order valence-electron chi connectivity index (χ2n) is 4.41. The van der Waals surface area contributed by atoms with Crippen molar-refractivity contribution in [3.63, 3.8) is 0 Å². The normalized spacial score (nSPS) is 18.8. The molecule has 0 aromatic carbocycles. The Hall–Kier alpha value is -0.770. The van der Waals surface area contributed by atoms with Gasteiger partial charge in [0.15, 0.2) is 0 Å². The zero-order valence-corrected chi connectivity index (χ0v) is 12.6. The zero-order valence-electron chi connectivity index (χ0n) is 11.0. The van der Waals surface area contributed by atoms with Crippen LogP contribution in [0.15, 0.2) is 4.90 Å². The largest absolute Gasteiger partial charge is 0.314 e. The smallest absolute Gasteiger partial charge is 0.246 e. The van der Waals surface area contributed by atoms with E-state index in [1.807, 2.05) is 0 Å². The Morgan fingerprint density at radius 3 is 2.63 bits per heavy atom. The van der Waals surface area contributed by atoms with Crippen molar-refractivity contribution in [3.8, 4) is 0 Å². The van der Waals surface area contributed by atoms with Crippen LogP contribution < -0.4 is 5.32 Å². The SMILES string of the molecule is CNCc1n[nH]c(C)c1S(=O)(=O)N1CCS(=O)CC1. The highest BCUT2D eigenvalue weighted by atomic mass is 32.2. The molecule has 0 aliphatic carbocycles. The number of aromatic nitrogens is 2. The molecule has 0 saturated carbocycles. The van der Waals surface area contributed by atoms with Gasteiger partial charge in [0.1, 0.15) is 4.90 Å². The summed E-state index contributed by atoms with van der Waals surface area (Å²) in [6, 6.07) is 0. The molecule has 0 unspecified atom stereocenters. The van der Waals surface area contributed by atoms with Crippen LogP contribution in [0.3, 0.4) is 0 Å². The van der Waals surface area contributed by atoms with Gasteiger partial charge in [0.25, 0.3) is 0 Å². The fourth-order valence-electron chi connectivity index (χ4n) is 2.09. The van der Waals surface area contributed by atoms with E-state index in [1.54, 1.807) is 14.0 Å². The van der Waals surface area contributed by atoms with Crippen LogP contribution in [0, 0.1) is 6.92 Å². The van der Waals surface area contributed by atoms with Crippen molar-refractivity contribution in [2.45, 2.75) is 18.4 Å². The lowest BCUT2D eigenvalue weighted by molar-refractivity contribution is 0.437. The van der Waals surface area contributed by atoms with Crippen LogP contribution >= 0.6 is 0 Å². The van der Waals surface area contributed by atoms with Crippen LogP contribution in [-0.2, 0) is 27.4 Å². The van der Waals surface area contributed by atoms with E-state index in [0.717, 1.165) is 0 Å². The van der Waals surface area contributed by atoms with Crippen LogP contribution in [0.4, 0.5) is 0 Å². The van der Waals surface area contributed by atoms with Gasteiger partial charge in [-0.3, -0.25) is 9.31 Å². The molecule has 1 aliphatic heterocycles. The third-order valence-corrected chi connectivity index (χ3v) is 6.42. The van der Waals surface area contributed by atoms with Gasteiger partial charge < -0.3 is 5.32 Å². The molecule has 108 valence electrons. The third-order valence-electron chi connectivity index (χ3n) is 3.04. The van der Waals surface area contributed by atoms with Crippen molar-refractivity contribution in [1.82, 2.24) is 19.8 Å². The molecule has 1 saturated heterocycles. The van der Waals surface area contributed by atoms with Crippen molar-refractivity contribution in [3.05, 3.63) is 11.4 Å². The predicted octanol–water partition coefficient (Wildman–Crippen LogP) is -0.809. The van der Waals surface area contributed by atoms with Crippen molar-refractivity contribution < 1.29 is 12.6 Å². The first-order valence-corrected chi connectivity index (χ1v) is 8.93. The van der Waals surface area contributed by atoms with Crippen LogP contribution in [0.25, 0.3) is 0 Å². The average Bonchev–Trinajstić information content (AvgIpc) is 2.72. The molecule has 7 nitrogen and oxygen atoms in total. The van der Waals surface area contributed by atoms with Gasteiger partial charge in [-0.25, -0.2) is 8.42 Å². The summed E-state index contributed by atoms with van der Waals surface area (Å²) in [4.78, 5) is 0.245. The minimum atomic E-state index is -3.56. The Balaban J connectivity index is 2.34. The van der Waals surface area contributed by atoms with E-state index in [1.165, 1.54) is 4.31 Å². The summed E-state index contributed by atoms with van der Waals surface area (Å²) in [7, 11) is -2.72. The number of nitrogens with one attached hydrogen (secondary N) is 2.